The summed E-state index contributed by atoms with van der Waals surface area (Å²) in [6.07, 6.45) is 0. The molecular weight excluding hydrogens is 400 g/mol. The van der Waals surface area contributed by atoms with Gasteiger partial charge in [0.05, 0.1) is 11.6 Å². The number of halogens is 1. The summed E-state index contributed by atoms with van der Waals surface area (Å²) in [4.78, 5) is 26.1. The third kappa shape index (κ3) is 3.07. The molecule has 0 spiro atoms. The Hall–Kier alpha value is -2.41. The highest BCUT2D eigenvalue weighted by atomic mass is 79.9. The predicted molar refractivity (Wildman–Crippen MR) is 99.9 cm³/mol. The van der Waals surface area contributed by atoms with Gasteiger partial charge in [0.25, 0.3) is 5.91 Å². The molecule has 1 aliphatic rings. The van der Waals surface area contributed by atoms with Crippen LogP contribution >= 0.6 is 15.9 Å². The zero-order valence-electron chi connectivity index (χ0n) is 14.9. The quantitative estimate of drug-likeness (QED) is 0.806. The van der Waals surface area contributed by atoms with E-state index in [2.05, 4.69) is 21.1 Å². The molecule has 0 saturated carbocycles. The first-order valence-corrected chi connectivity index (χ1v) is 8.91. The third-order valence-electron chi connectivity index (χ3n) is 4.26. The standard InChI is InChI=1S/C19H19BrN2O4/c1-10(23)15-16(11-5-7-12(20)8-6-11)22(18(25)17(15)24)14-9-13(26-21-14)19(2,3)4/h5-9,16,24H,1-4H3/t16-/m0/s1. The van der Waals surface area contributed by atoms with E-state index in [1.54, 1.807) is 18.2 Å². The zero-order valence-corrected chi connectivity index (χ0v) is 16.5. The number of aliphatic hydroxyl groups excluding tert-OH is 1. The van der Waals surface area contributed by atoms with Crippen LogP contribution in [0.1, 0.15) is 45.1 Å². The van der Waals surface area contributed by atoms with E-state index in [0.29, 0.717) is 11.3 Å². The molecule has 0 aliphatic carbocycles. The topological polar surface area (TPSA) is 83.6 Å². The van der Waals surface area contributed by atoms with E-state index < -0.39 is 17.7 Å². The molecule has 136 valence electrons. The van der Waals surface area contributed by atoms with Crippen LogP contribution in [0.2, 0.25) is 0 Å². The van der Waals surface area contributed by atoms with Crippen LogP contribution in [0, 0.1) is 0 Å². The maximum absolute atomic E-state index is 12.7. The Morgan fingerprint density at radius 3 is 2.38 bits per heavy atom. The predicted octanol–water partition coefficient (Wildman–Crippen LogP) is 4.22. The number of Topliss-reactive ketones (excluding diaryl/α,β-unsaturated/α-hetero) is 1. The molecule has 1 amide bonds. The summed E-state index contributed by atoms with van der Waals surface area (Å²) in [6, 6.07) is 8.12. The smallest absolute Gasteiger partial charge is 0.295 e. The summed E-state index contributed by atoms with van der Waals surface area (Å²) in [5.74, 6) is -0.727. The van der Waals surface area contributed by atoms with Crippen molar-refractivity contribution in [1.82, 2.24) is 5.16 Å². The number of hydrogen-bond donors (Lipinski definition) is 1. The number of benzene rings is 1. The molecule has 7 heteroatoms. The monoisotopic (exact) mass is 418 g/mol. The Kier molecular flexibility index (Phi) is 4.52. The van der Waals surface area contributed by atoms with Gasteiger partial charge in [0.1, 0.15) is 5.76 Å². The minimum Gasteiger partial charge on any atom is -0.503 e. The van der Waals surface area contributed by atoms with Crippen LogP contribution in [0.25, 0.3) is 0 Å². The number of aliphatic hydroxyl groups is 1. The summed E-state index contributed by atoms with van der Waals surface area (Å²) in [5, 5.41) is 14.3. The number of amides is 1. The number of aromatic nitrogens is 1. The molecule has 2 heterocycles. The fraction of sp³-hybridized carbons (Fsp3) is 0.316. The van der Waals surface area contributed by atoms with Crippen molar-refractivity contribution in [3.8, 4) is 0 Å². The second-order valence-corrected chi connectivity index (χ2v) is 8.16. The maximum atomic E-state index is 12.7. The Bertz CT molecular complexity index is 906. The Morgan fingerprint density at radius 1 is 1.27 bits per heavy atom. The number of anilines is 1. The van der Waals surface area contributed by atoms with Crippen molar-refractivity contribution in [3.63, 3.8) is 0 Å². The zero-order chi connectivity index (χ0) is 19.2. The summed E-state index contributed by atoms with van der Waals surface area (Å²) in [7, 11) is 0. The molecule has 0 bridgehead atoms. The second-order valence-electron chi connectivity index (χ2n) is 7.25. The molecule has 1 aliphatic heterocycles. The molecular formula is C19H19BrN2O4. The van der Waals surface area contributed by atoms with Gasteiger partial charge in [-0.25, -0.2) is 0 Å². The number of nitrogens with zero attached hydrogens (tertiary/aromatic N) is 2. The molecule has 0 fully saturated rings. The normalized spacial score (nSPS) is 18.0. The third-order valence-corrected chi connectivity index (χ3v) is 4.79. The van der Waals surface area contributed by atoms with Crippen LogP contribution in [0.5, 0.6) is 0 Å². The maximum Gasteiger partial charge on any atom is 0.295 e. The summed E-state index contributed by atoms with van der Waals surface area (Å²) >= 11 is 3.37. The van der Waals surface area contributed by atoms with Gasteiger partial charge in [-0.15, -0.1) is 0 Å². The number of carbonyl (C=O) groups is 2. The lowest BCUT2D eigenvalue weighted by atomic mass is 9.93. The van der Waals surface area contributed by atoms with E-state index >= 15 is 0 Å². The van der Waals surface area contributed by atoms with Crippen molar-refractivity contribution in [2.24, 2.45) is 0 Å². The van der Waals surface area contributed by atoms with Crippen molar-refractivity contribution in [1.29, 1.82) is 0 Å². The molecule has 3 rings (SSSR count). The van der Waals surface area contributed by atoms with Gasteiger partial charge in [-0.1, -0.05) is 54.0 Å². The van der Waals surface area contributed by atoms with Crippen molar-refractivity contribution in [3.05, 3.63) is 57.5 Å². The Labute approximate surface area is 159 Å². The highest BCUT2D eigenvalue weighted by Crippen LogP contribution is 2.41. The summed E-state index contributed by atoms with van der Waals surface area (Å²) in [6.45, 7) is 7.22. The number of carbonyl (C=O) groups excluding carboxylic acids is 2. The number of hydrogen-bond acceptors (Lipinski definition) is 5. The lowest BCUT2D eigenvalue weighted by molar-refractivity contribution is -0.117. The van der Waals surface area contributed by atoms with E-state index in [-0.39, 0.29) is 22.6 Å². The highest BCUT2D eigenvalue weighted by molar-refractivity contribution is 9.10. The van der Waals surface area contributed by atoms with E-state index in [4.69, 9.17) is 4.52 Å². The van der Waals surface area contributed by atoms with Gasteiger partial charge >= 0.3 is 0 Å². The largest absolute Gasteiger partial charge is 0.503 e. The first kappa shape index (κ1) is 18.4. The minimum atomic E-state index is -0.758. The van der Waals surface area contributed by atoms with E-state index in [1.807, 2.05) is 32.9 Å². The molecule has 1 aromatic heterocycles. The fourth-order valence-electron chi connectivity index (χ4n) is 2.89. The van der Waals surface area contributed by atoms with Gasteiger partial charge < -0.3 is 9.63 Å². The fourth-order valence-corrected chi connectivity index (χ4v) is 3.16. The van der Waals surface area contributed by atoms with Gasteiger partial charge in [0.15, 0.2) is 17.4 Å². The molecule has 6 nitrogen and oxygen atoms in total. The first-order valence-electron chi connectivity index (χ1n) is 8.11. The lowest BCUT2D eigenvalue weighted by Gasteiger charge is -2.24. The van der Waals surface area contributed by atoms with Crippen LogP contribution in [-0.4, -0.2) is 22.0 Å². The second kappa shape index (κ2) is 6.39. The van der Waals surface area contributed by atoms with E-state index in [9.17, 15) is 14.7 Å². The Morgan fingerprint density at radius 2 is 1.88 bits per heavy atom. The lowest BCUT2D eigenvalue weighted by Crippen LogP contribution is -2.31. The number of ketones is 1. The number of rotatable bonds is 3. The molecule has 1 aromatic carbocycles. The van der Waals surface area contributed by atoms with Crippen molar-refractivity contribution >= 4 is 33.4 Å². The van der Waals surface area contributed by atoms with Crippen LogP contribution < -0.4 is 4.90 Å². The van der Waals surface area contributed by atoms with Crippen LogP contribution in [0.3, 0.4) is 0 Å². The Balaban J connectivity index is 2.13. The van der Waals surface area contributed by atoms with Gasteiger partial charge in [-0.2, -0.15) is 0 Å². The van der Waals surface area contributed by atoms with Crippen molar-refractivity contribution < 1.29 is 19.2 Å². The molecule has 0 unspecified atom stereocenters. The van der Waals surface area contributed by atoms with Gasteiger partial charge in [0.2, 0.25) is 0 Å². The molecule has 0 saturated heterocycles. The summed E-state index contributed by atoms with van der Waals surface area (Å²) in [5.41, 5.74) is 0.453. The van der Waals surface area contributed by atoms with E-state index in [0.717, 1.165) is 4.47 Å². The average Bonchev–Trinajstić information content (AvgIpc) is 3.12. The SMILES string of the molecule is CC(=O)C1=C(O)C(=O)N(c2cc(C(C)(C)C)on2)[C@H]1c1ccc(Br)cc1. The van der Waals surface area contributed by atoms with E-state index in [1.165, 1.54) is 11.8 Å². The van der Waals surface area contributed by atoms with Gasteiger partial charge in [0, 0.05) is 16.0 Å². The molecule has 0 radical (unpaired) electrons. The average molecular weight is 419 g/mol. The van der Waals surface area contributed by atoms with Crippen LogP contribution in [-0.2, 0) is 15.0 Å². The first-order chi connectivity index (χ1) is 12.1. The van der Waals surface area contributed by atoms with Gasteiger partial charge in [-0.3, -0.25) is 14.5 Å². The van der Waals surface area contributed by atoms with Crippen molar-refractivity contribution in [2.75, 3.05) is 4.90 Å². The van der Waals surface area contributed by atoms with Gasteiger partial charge in [-0.05, 0) is 24.6 Å². The molecule has 1 N–H and O–H groups in total. The minimum absolute atomic E-state index is 0.0534. The summed E-state index contributed by atoms with van der Waals surface area (Å²) < 4.78 is 6.25. The van der Waals surface area contributed by atoms with Crippen LogP contribution in [0.15, 0.2) is 50.7 Å². The molecule has 2 aromatic rings. The molecule has 1 atom stereocenters. The highest BCUT2D eigenvalue weighted by Gasteiger charge is 2.44. The van der Waals surface area contributed by atoms with Crippen molar-refractivity contribution in [2.45, 2.75) is 39.2 Å². The van der Waals surface area contributed by atoms with Crippen LogP contribution in [0.4, 0.5) is 5.82 Å². The molecule has 26 heavy (non-hydrogen) atoms.